The minimum Gasteiger partial charge on any atom is -0.487 e. The predicted molar refractivity (Wildman–Crippen MR) is 132 cm³/mol. The summed E-state index contributed by atoms with van der Waals surface area (Å²) in [6.07, 6.45) is 0. The second-order valence-corrected chi connectivity index (χ2v) is 8.76. The molecule has 4 rings (SSSR count). The van der Waals surface area contributed by atoms with E-state index in [1.54, 1.807) is 41.1 Å². The van der Waals surface area contributed by atoms with E-state index in [0.29, 0.717) is 33.7 Å². The number of rotatable bonds is 7. The Labute approximate surface area is 207 Å². The lowest BCUT2D eigenvalue weighted by atomic mass is 10.1. The number of halogens is 3. The molecule has 34 heavy (non-hydrogen) atoms. The van der Waals surface area contributed by atoms with E-state index >= 15 is 0 Å². The van der Waals surface area contributed by atoms with Gasteiger partial charge in [-0.25, -0.2) is 4.39 Å². The number of amides is 1. The van der Waals surface area contributed by atoms with E-state index in [9.17, 15) is 9.18 Å². The highest BCUT2D eigenvalue weighted by Crippen LogP contribution is 2.26. The van der Waals surface area contributed by atoms with Crippen molar-refractivity contribution in [2.24, 2.45) is 0 Å². The minimum atomic E-state index is -0.395. The van der Waals surface area contributed by atoms with Gasteiger partial charge in [0, 0.05) is 22.3 Å². The molecule has 0 radical (unpaired) electrons. The number of ether oxygens (including phenoxy) is 1. The van der Waals surface area contributed by atoms with Gasteiger partial charge in [0.15, 0.2) is 5.82 Å². The molecule has 1 N–H and O–H groups in total. The van der Waals surface area contributed by atoms with Crippen LogP contribution in [0.2, 0.25) is 10.0 Å². The number of hydrogen-bond donors (Lipinski definition) is 1. The summed E-state index contributed by atoms with van der Waals surface area (Å²) in [6, 6.07) is 18.7. The number of nitrogens with one attached hydrogen (secondary N) is 1. The van der Waals surface area contributed by atoms with E-state index in [1.165, 1.54) is 12.1 Å². The van der Waals surface area contributed by atoms with E-state index in [1.807, 2.05) is 32.0 Å². The second-order valence-electron chi connectivity index (χ2n) is 7.94. The largest absolute Gasteiger partial charge is 0.487 e. The standard InChI is InChI=1S/C26H22Cl2FN3O2/c1-16-6-9-22(27)24(10-16)34-15-18-4-3-5-19(12-18)26(33)30-25-11-17(2)32(31-25)14-20-7-8-21(29)13-23(20)28/h3-13H,14-15H2,1-2H3,(H,30,31,33). The number of aryl methyl sites for hydroxylation is 2. The van der Waals surface area contributed by atoms with Crippen molar-refractivity contribution in [2.45, 2.75) is 27.0 Å². The molecule has 1 amide bonds. The molecule has 0 saturated carbocycles. The van der Waals surface area contributed by atoms with Gasteiger partial charge in [0.2, 0.25) is 0 Å². The van der Waals surface area contributed by atoms with Crippen molar-refractivity contribution in [3.8, 4) is 5.75 Å². The van der Waals surface area contributed by atoms with Crippen molar-refractivity contribution in [1.82, 2.24) is 9.78 Å². The van der Waals surface area contributed by atoms with Gasteiger partial charge in [-0.05, 0) is 66.9 Å². The van der Waals surface area contributed by atoms with Crippen LogP contribution in [0.5, 0.6) is 5.75 Å². The van der Waals surface area contributed by atoms with E-state index in [-0.39, 0.29) is 12.5 Å². The molecule has 8 heteroatoms. The number of carbonyl (C=O) groups is 1. The molecule has 0 fully saturated rings. The number of anilines is 1. The normalized spacial score (nSPS) is 10.9. The van der Waals surface area contributed by atoms with Crippen molar-refractivity contribution in [2.75, 3.05) is 5.32 Å². The maximum atomic E-state index is 13.3. The van der Waals surface area contributed by atoms with Crippen molar-refractivity contribution in [3.05, 3.63) is 111 Å². The van der Waals surface area contributed by atoms with Crippen molar-refractivity contribution >= 4 is 34.9 Å². The zero-order valence-corrected chi connectivity index (χ0v) is 20.1. The first-order valence-corrected chi connectivity index (χ1v) is 11.3. The van der Waals surface area contributed by atoms with Gasteiger partial charge in [0.25, 0.3) is 5.91 Å². The number of nitrogens with zero attached hydrogens (tertiary/aromatic N) is 2. The van der Waals surface area contributed by atoms with Crippen molar-refractivity contribution < 1.29 is 13.9 Å². The summed E-state index contributed by atoms with van der Waals surface area (Å²) < 4.78 is 20.8. The van der Waals surface area contributed by atoms with Gasteiger partial charge >= 0.3 is 0 Å². The SMILES string of the molecule is Cc1ccc(Cl)c(OCc2cccc(C(=O)Nc3cc(C)n(Cc4ccc(F)cc4Cl)n3)c2)c1. The quantitative estimate of drug-likeness (QED) is 0.304. The third-order valence-corrected chi connectivity index (χ3v) is 5.89. The monoisotopic (exact) mass is 497 g/mol. The van der Waals surface area contributed by atoms with Crippen LogP contribution in [-0.4, -0.2) is 15.7 Å². The summed E-state index contributed by atoms with van der Waals surface area (Å²) in [6.45, 7) is 4.46. The lowest BCUT2D eigenvalue weighted by Gasteiger charge is -2.10. The van der Waals surface area contributed by atoms with E-state index in [2.05, 4.69) is 10.4 Å². The van der Waals surface area contributed by atoms with Crippen LogP contribution < -0.4 is 10.1 Å². The first-order chi connectivity index (χ1) is 16.3. The molecule has 0 unspecified atom stereocenters. The molecular formula is C26H22Cl2FN3O2. The number of hydrogen-bond acceptors (Lipinski definition) is 3. The summed E-state index contributed by atoms with van der Waals surface area (Å²) >= 11 is 12.3. The first kappa shape index (κ1) is 23.8. The zero-order valence-electron chi connectivity index (χ0n) is 18.6. The highest BCUT2D eigenvalue weighted by atomic mass is 35.5. The van der Waals surface area contributed by atoms with Gasteiger partial charge < -0.3 is 10.1 Å². The molecule has 0 bridgehead atoms. The molecule has 0 spiro atoms. The van der Waals surface area contributed by atoms with Crippen LogP contribution in [0.3, 0.4) is 0 Å². The summed E-state index contributed by atoms with van der Waals surface area (Å²) in [5.74, 6) is 0.320. The molecule has 5 nitrogen and oxygen atoms in total. The lowest BCUT2D eigenvalue weighted by molar-refractivity contribution is 0.102. The molecular weight excluding hydrogens is 476 g/mol. The van der Waals surface area contributed by atoms with Gasteiger partial charge in [-0.15, -0.1) is 0 Å². The minimum absolute atomic E-state index is 0.274. The average Bonchev–Trinajstić information content (AvgIpc) is 3.15. The third-order valence-electron chi connectivity index (χ3n) is 5.23. The molecule has 0 atom stereocenters. The van der Waals surface area contributed by atoms with E-state index in [4.69, 9.17) is 27.9 Å². The average molecular weight is 498 g/mol. The Balaban J connectivity index is 1.43. The smallest absolute Gasteiger partial charge is 0.256 e. The Bertz CT molecular complexity index is 1350. The first-order valence-electron chi connectivity index (χ1n) is 10.6. The Morgan fingerprint density at radius 2 is 1.85 bits per heavy atom. The molecule has 0 aliphatic heterocycles. The summed E-state index contributed by atoms with van der Waals surface area (Å²) in [5, 5.41) is 8.12. The highest BCUT2D eigenvalue weighted by molar-refractivity contribution is 6.32. The number of aromatic nitrogens is 2. The predicted octanol–water partition coefficient (Wildman–Crippen LogP) is 6.83. The van der Waals surface area contributed by atoms with Gasteiger partial charge in [-0.1, -0.05) is 47.5 Å². The van der Waals surface area contributed by atoms with Crippen LogP contribution in [0.15, 0.2) is 66.7 Å². The Morgan fingerprint density at radius 1 is 1.03 bits per heavy atom. The topological polar surface area (TPSA) is 56.1 Å². The molecule has 0 aliphatic rings. The fourth-order valence-corrected chi connectivity index (χ4v) is 3.81. The molecule has 1 heterocycles. The molecule has 0 saturated heterocycles. The number of benzene rings is 3. The third kappa shape index (κ3) is 5.76. The Kier molecular flexibility index (Phi) is 7.20. The fraction of sp³-hybridized carbons (Fsp3) is 0.154. The maximum absolute atomic E-state index is 13.3. The van der Waals surface area contributed by atoms with Crippen LogP contribution in [-0.2, 0) is 13.2 Å². The van der Waals surface area contributed by atoms with Gasteiger partial charge in [0.1, 0.15) is 18.2 Å². The van der Waals surface area contributed by atoms with Crippen LogP contribution in [0.4, 0.5) is 10.2 Å². The molecule has 3 aromatic carbocycles. The zero-order chi connectivity index (χ0) is 24.2. The Hall–Kier alpha value is -3.35. The second kappa shape index (κ2) is 10.3. The van der Waals surface area contributed by atoms with Crippen LogP contribution in [0.25, 0.3) is 0 Å². The van der Waals surface area contributed by atoms with Crippen LogP contribution >= 0.6 is 23.2 Å². The summed E-state index contributed by atoms with van der Waals surface area (Å²) in [5.41, 5.74) is 3.91. The highest BCUT2D eigenvalue weighted by Gasteiger charge is 2.13. The lowest BCUT2D eigenvalue weighted by Crippen LogP contribution is -2.13. The molecule has 1 aromatic heterocycles. The van der Waals surface area contributed by atoms with E-state index in [0.717, 1.165) is 22.4 Å². The summed E-state index contributed by atoms with van der Waals surface area (Å²) in [7, 11) is 0. The molecule has 174 valence electrons. The van der Waals surface area contributed by atoms with Crippen molar-refractivity contribution in [3.63, 3.8) is 0 Å². The molecule has 0 aliphatic carbocycles. The molecule has 4 aromatic rings. The van der Waals surface area contributed by atoms with Gasteiger partial charge in [-0.3, -0.25) is 9.48 Å². The number of carbonyl (C=O) groups excluding carboxylic acids is 1. The fourth-order valence-electron chi connectivity index (χ4n) is 3.42. The van der Waals surface area contributed by atoms with Gasteiger partial charge in [0.05, 0.1) is 11.6 Å². The van der Waals surface area contributed by atoms with Crippen molar-refractivity contribution in [1.29, 1.82) is 0 Å². The van der Waals surface area contributed by atoms with E-state index < -0.39 is 5.82 Å². The van der Waals surface area contributed by atoms with Crippen LogP contribution in [0, 0.1) is 19.7 Å². The maximum Gasteiger partial charge on any atom is 0.256 e. The van der Waals surface area contributed by atoms with Crippen LogP contribution in [0.1, 0.15) is 32.7 Å². The van der Waals surface area contributed by atoms with Gasteiger partial charge in [-0.2, -0.15) is 5.10 Å². The summed E-state index contributed by atoms with van der Waals surface area (Å²) in [4.78, 5) is 12.8. The Morgan fingerprint density at radius 3 is 2.65 bits per heavy atom.